The van der Waals surface area contributed by atoms with Crippen LogP contribution in [0.4, 0.5) is 0 Å². The summed E-state index contributed by atoms with van der Waals surface area (Å²) in [5, 5.41) is 2.75. The summed E-state index contributed by atoms with van der Waals surface area (Å²) in [6, 6.07) is 8.93. The molecule has 0 bridgehead atoms. The van der Waals surface area contributed by atoms with Gasteiger partial charge >= 0.3 is 0 Å². The van der Waals surface area contributed by atoms with Crippen molar-refractivity contribution in [3.05, 3.63) is 35.9 Å². The molecule has 1 aromatic carbocycles. The Morgan fingerprint density at radius 1 is 1.43 bits per heavy atom. The maximum atomic E-state index is 11.5. The van der Waals surface area contributed by atoms with Crippen molar-refractivity contribution in [2.75, 3.05) is 6.61 Å². The molecule has 126 valence electrons. The van der Waals surface area contributed by atoms with Crippen LogP contribution in [0.15, 0.2) is 30.3 Å². The van der Waals surface area contributed by atoms with Crippen molar-refractivity contribution >= 4 is 12.2 Å². The molecule has 0 saturated carbocycles. The van der Waals surface area contributed by atoms with Gasteiger partial charge in [0.05, 0.1) is 19.3 Å². The number of hydrogen-bond acceptors (Lipinski definition) is 5. The zero-order valence-electron chi connectivity index (χ0n) is 13.7. The second-order valence-corrected chi connectivity index (χ2v) is 5.99. The molecule has 0 aromatic heterocycles. The third-order valence-corrected chi connectivity index (χ3v) is 3.57. The van der Waals surface area contributed by atoms with Gasteiger partial charge in [0.25, 0.3) is 0 Å². The SMILES string of the molecule is CC(=O)N[C@H]([C@H](C=O)OCc1ccccc1)[C@H]1COC(C)(C)O1. The molecule has 0 radical (unpaired) electrons. The lowest BCUT2D eigenvalue weighted by molar-refractivity contribution is -0.152. The number of ether oxygens (including phenoxy) is 3. The van der Waals surface area contributed by atoms with Crippen molar-refractivity contribution < 1.29 is 23.8 Å². The molecule has 6 nitrogen and oxygen atoms in total. The number of benzene rings is 1. The highest BCUT2D eigenvalue weighted by molar-refractivity contribution is 5.74. The Labute approximate surface area is 136 Å². The van der Waals surface area contributed by atoms with E-state index in [0.29, 0.717) is 6.29 Å². The van der Waals surface area contributed by atoms with E-state index < -0.39 is 24.0 Å². The predicted molar refractivity (Wildman–Crippen MR) is 83.6 cm³/mol. The number of amides is 1. The lowest BCUT2D eigenvalue weighted by atomic mass is 10.1. The highest BCUT2D eigenvalue weighted by Gasteiger charge is 2.41. The Morgan fingerprint density at radius 2 is 2.13 bits per heavy atom. The fourth-order valence-electron chi connectivity index (χ4n) is 2.51. The van der Waals surface area contributed by atoms with Crippen LogP contribution in [0.2, 0.25) is 0 Å². The van der Waals surface area contributed by atoms with E-state index in [9.17, 15) is 9.59 Å². The summed E-state index contributed by atoms with van der Waals surface area (Å²) in [5.74, 6) is -0.993. The molecule has 6 heteroatoms. The molecule has 1 saturated heterocycles. The number of rotatable bonds is 7. The number of aldehydes is 1. The minimum absolute atomic E-state index is 0.251. The first-order valence-electron chi connectivity index (χ1n) is 7.61. The first-order valence-corrected chi connectivity index (χ1v) is 7.61. The van der Waals surface area contributed by atoms with Crippen molar-refractivity contribution in [3.8, 4) is 0 Å². The molecule has 2 rings (SSSR count). The topological polar surface area (TPSA) is 73.9 Å². The molecule has 1 amide bonds. The normalized spacial score (nSPS) is 22.3. The molecular formula is C17H23NO5. The quantitative estimate of drug-likeness (QED) is 0.769. The lowest BCUT2D eigenvalue weighted by Gasteiger charge is -2.28. The average Bonchev–Trinajstić information content (AvgIpc) is 2.87. The number of hydrogen-bond donors (Lipinski definition) is 1. The molecule has 0 aliphatic carbocycles. The molecule has 1 N–H and O–H groups in total. The Hall–Kier alpha value is -1.76. The van der Waals surface area contributed by atoms with Crippen molar-refractivity contribution in [3.63, 3.8) is 0 Å². The van der Waals surface area contributed by atoms with Gasteiger partial charge in [-0.2, -0.15) is 0 Å². The van der Waals surface area contributed by atoms with Gasteiger partial charge in [-0.3, -0.25) is 4.79 Å². The number of nitrogens with one attached hydrogen (secondary N) is 1. The highest BCUT2D eigenvalue weighted by atomic mass is 16.7. The molecule has 1 heterocycles. The Bertz CT molecular complexity index is 531. The van der Waals surface area contributed by atoms with Gasteiger partial charge in [-0.1, -0.05) is 30.3 Å². The minimum Gasteiger partial charge on any atom is -0.364 e. The van der Waals surface area contributed by atoms with Gasteiger partial charge in [-0.15, -0.1) is 0 Å². The second kappa shape index (κ2) is 7.68. The summed E-state index contributed by atoms with van der Waals surface area (Å²) in [4.78, 5) is 23.0. The van der Waals surface area contributed by atoms with Crippen molar-refractivity contribution in [2.45, 2.75) is 51.4 Å². The molecule has 0 unspecified atom stereocenters. The van der Waals surface area contributed by atoms with Gasteiger partial charge in [0.15, 0.2) is 12.1 Å². The zero-order valence-corrected chi connectivity index (χ0v) is 13.7. The van der Waals surface area contributed by atoms with Gasteiger partial charge in [0.2, 0.25) is 5.91 Å². The van der Waals surface area contributed by atoms with E-state index >= 15 is 0 Å². The number of carbonyl (C=O) groups is 2. The van der Waals surface area contributed by atoms with Crippen LogP contribution in [0.3, 0.4) is 0 Å². The zero-order chi connectivity index (χ0) is 16.9. The summed E-state index contributed by atoms with van der Waals surface area (Å²) in [7, 11) is 0. The third-order valence-electron chi connectivity index (χ3n) is 3.57. The Balaban J connectivity index is 2.05. The summed E-state index contributed by atoms with van der Waals surface area (Å²) >= 11 is 0. The second-order valence-electron chi connectivity index (χ2n) is 5.99. The molecular weight excluding hydrogens is 298 g/mol. The van der Waals surface area contributed by atoms with E-state index in [0.717, 1.165) is 5.56 Å². The van der Waals surface area contributed by atoms with Crippen LogP contribution in [0, 0.1) is 0 Å². The fraction of sp³-hybridized carbons (Fsp3) is 0.529. The van der Waals surface area contributed by atoms with Crippen LogP contribution in [-0.2, 0) is 30.4 Å². The van der Waals surface area contributed by atoms with Gasteiger partial charge in [-0.25, -0.2) is 0 Å². The van der Waals surface area contributed by atoms with Gasteiger partial charge in [-0.05, 0) is 19.4 Å². The monoisotopic (exact) mass is 321 g/mol. The number of carbonyl (C=O) groups excluding carboxylic acids is 2. The van der Waals surface area contributed by atoms with Gasteiger partial charge in [0, 0.05) is 6.92 Å². The van der Waals surface area contributed by atoms with Gasteiger partial charge in [0.1, 0.15) is 12.2 Å². The van der Waals surface area contributed by atoms with Crippen molar-refractivity contribution in [1.29, 1.82) is 0 Å². The van der Waals surface area contributed by atoms with Crippen molar-refractivity contribution in [1.82, 2.24) is 5.32 Å². The standard InChI is InChI=1S/C17H23NO5/c1-12(20)18-16(15-11-22-17(2,3)23-15)14(9-19)21-10-13-7-5-4-6-8-13/h4-9,14-16H,10-11H2,1-3H3,(H,18,20)/t14-,15+,16+/m0/s1. The molecule has 23 heavy (non-hydrogen) atoms. The van der Waals surface area contributed by atoms with Crippen LogP contribution in [-0.4, -0.2) is 42.8 Å². The van der Waals surface area contributed by atoms with Crippen LogP contribution in [0.25, 0.3) is 0 Å². The van der Waals surface area contributed by atoms with E-state index in [1.165, 1.54) is 6.92 Å². The summed E-state index contributed by atoms with van der Waals surface area (Å²) in [6.45, 7) is 5.54. The maximum Gasteiger partial charge on any atom is 0.217 e. The molecule has 1 aliphatic heterocycles. The molecule has 1 fully saturated rings. The third kappa shape index (κ3) is 5.13. The fourth-order valence-corrected chi connectivity index (χ4v) is 2.51. The average molecular weight is 321 g/mol. The van der Waals surface area contributed by atoms with Crippen LogP contribution in [0.1, 0.15) is 26.3 Å². The highest BCUT2D eigenvalue weighted by Crippen LogP contribution is 2.26. The molecule has 0 spiro atoms. The van der Waals surface area contributed by atoms with Crippen LogP contribution in [0.5, 0.6) is 0 Å². The van der Waals surface area contributed by atoms with Gasteiger partial charge < -0.3 is 24.3 Å². The first-order chi connectivity index (χ1) is 10.9. The first kappa shape index (κ1) is 17.6. The predicted octanol–water partition coefficient (Wildman–Crippen LogP) is 1.43. The van der Waals surface area contributed by atoms with Crippen LogP contribution >= 0.6 is 0 Å². The van der Waals surface area contributed by atoms with Crippen LogP contribution < -0.4 is 5.32 Å². The smallest absolute Gasteiger partial charge is 0.217 e. The summed E-state index contributed by atoms with van der Waals surface area (Å²) in [6.07, 6.45) is -0.570. The van der Waals surface area contributed by atoms with E-state index in [4.69, 9.17) is 14.2 Å². The van der Waals surface area contributed by atoms with E-state index in [1.807, 2.05) is 30.3 Å². The molecule has 1 aliphatic rings. The summed E-state index contributed by atoms with van der Waals surface area (Å²) < 4.78 is 17.0. The molecule has 1 aromatic rings. The van der Waals surface area contributed by atoms with Crippen molar-refractivity contribution in [2.24, 2.45) is 0 Å². The maximum absolute atomic E-state index is 11.5. The van der Waals surface area contributed by atoms with E-state index in [2.05, 4.69) is 5.32 Å². The largest absolute Gasteiger partial charge is 0.364 e. The Morgan fingerprint density at radius 3 is 2.65 bits per heavy atom. The molecule has 3 atom stereocenters. The van der Waals surface area contributed by atoms with E-state index in [-0.39, 0.29) is 19.1 Å². The van der Waals surface area contributed by atoms with E-state index in [1.54, 1.807) is 13.8 Å². The lowest BCUT2D eigenvalue weighted by Crippen LogP contribution is -2.53. The Kier molecular flexibility index (Phi) is 5.87. The minimum atomic E-state index is -0.818. The summed E-state index contributed by atoms with van der Waals surface area (Å²) in [5.41, 5.74) is 0.949.